The average molecular weight is 607 g/mol. The van der Waals surface area contributed by atoms with Gasteiger partial charge in [-0.25, -0.2) is 13.2 Å². The highest BCUT2D eigenvalue weighted by Crippen LogP contribution is 2.39. The molecule has 1 saturated heterocycles. The monoisotopic (exact) mass is 606 g/mol. The van der Waals surface area contributed by atoms with Crippen molar-refractivity contribution < 1.29 is 21.6 Å². The van der Waals surface area contributed by atoms with Crippen molar-refractivity contribution in [3.8, 4) is 0 Å². The maximum atomic E-state index is 14.2. The molecule has 1 aromatic heterocycles. The van der Waals surface area contributed by atoms with Crippen LogP contribution in [-0.4, -0.2) is 54.8 Å². The SMILES string of the molecule is CCS(=O)(=O)c1ccc(Cl)cc1Cn1c(=O)[nH]c2c(Cl)c(CN3CCC[C@@H]3CNC)c(C(F)(F)F)cc2c1=O. The number of alkyl halides is 3. The molecule has 8 nitrogen and oxygen atoms in total. The zero-order chi connectivity index (χ0) is 28.7. The molecule has 4 rings (SSSR count). The zero-order valence-electron chi connectivity index (χ0n) is 21.2. The Labute approximate surface area is 232 Å². The van der Waals surface area contributed by atoms with E-state index in [-0.39, 0.29) is 49.9 Å². The number of nitrogens with zero attached hydrogens (tertiary/aromatic N) is 2. The van der Waals surface area contributed by atoms with Crippen molar-refractivity contribution in [2.75, 3.05) is 25.9 Å². The molecular formula is C25H27Cl2F3N4O4S. The van der Waals surface area contributed by atoms with Crippen molar-refractivity contribution in [3.05, 3.63) is 71.8 Å². The Morgan fingerprint density at radius 3 is 2.51 bits per heavy atom. The molecule has 212 valence electrons. The number of fused-ring (bicyclic) bond motifs is 1. The maximum Gasteiger partial charge on any atom is 0.416 e. The first-order valence-corrected chi connectivity index (χ1v) is 14.6. The summed E-state index contributed by atoms with van der Waals surface area (Å²) in [7, 11) is -1.99. The van der Waals surface area contributed by atoms with Crippen LogP contribution in [0.4, 0.5) is 13.2 Å². The van der Waals surface area contributed by atoms with Crippen molar-refractivity contribution in [2.24, 2.45) is 0 Å². The van der Waals surface area contributed by atoms with E-state index >= 15 is 0 Å². The van der Waals surface area contributed by atoms with E-state index in [4.69, 9.17) is 23.2 Å². The van der Waals surface area contributed by atoms with Crippen LogP contribution in [-0.2, 0) is 29.1 Å². The first kappa shape index (κ1) is 29.6. The molecule has 2 aromatic carbocycles. The van der Waals surface area contributed by atoms with Gasteiger partial charge in [0, 0.05) is 24.2 Å². The second kappa shape index (κ2) is 11.2. The molecule has 1 atom stereocenters. The van der Waals surface area contributed by atoms with E-state index in [1.165, 1.54) is 25.1 Å². The fourth-order valence-corrected chi connectivity index (χ4v) is 6.63. The molecule has 0 amide bonds. The van der Waals surface area contributed by atoms with E-state index in [0.29, 0.717) is 23.7 Å². The fraction of sp³-hybridized carbons (Fsp3) is 0.440. The summed E-state index contributed by atoms with van der Waals surface area (Å²) in [6.45, 7) is 1.97. The predicted octanol–water partition coefficient (Wildman–Crippen LogP) is 4.04. The molecular weight excluding hydrogens is 580 g/mol. The smallest absolute Gasteiger partial charge is 0.318 e. The van der Waals surface area contributed by atoms with Crippen molar-refractivity contribution >= 4 is 43.9 Å². The Kier molecular flexibility index (Phi) is 8.53. The highest BCUT2D eigenvalue weighted by molar-refractivity contribution is 7.91. The molecule has 2 heterocycles. The van der Waals surface area contributed by atoms with Crippen molar-refractivity contribution in [1.82, 2.24) is 19.8 Å². The van der Waals surface area contributed by atoms with Gasteiger partial charge in [-0.15, -0.1) is 0 Å². The van der Waals surface area contributed by atoms with Crippen LogP contribution in [0, 0.1) is 0 Å². The number of hydrogen-bond acceptors (Lipinski definition) is 6. The van der Waals surface area contributed by atoms with Crippen LogP contribution in [0.5, 0.6) is 0 Å². The molecule has 1 fully saturated rings. The fourth-order valence-electron chi connectivity index (χ4n) is 5.02. The molecule has 0 aliphatic carbocycles. The number of sulfone groups is 1. The molecule has 1 aliphatic heterocycles. The topological polar surface area (TPSA) is 104 Å². The van der Waals surface area contributed by atoms with E-state index < -0.39 is 44.8 Å². The lowest BCUT2D eigenvalue weighted by molar-refractivity contribution is -0.138. The summed E-state index contributed by atoms with van der Waals surface area (Å²) in [6.07, 6.45) is -3.19. The molecule has 2 N–H and O–H groups in total. The van der Waals surface area contributed by atoms with Gasteiger partial charge < -0.3 is 10.3 Å². The number of hydrogen-bond donors (Lipinski definition) is 2. The molecule has 0 bridgehead atoms. The summed E-state index contributed by atoms with van der Waals surface area (Å²) < 4.78 is 68.6. The first-order chi connectivity index (χ1) is 18.3. The zero-order valence-corrected chi connectivity index (χ0v) is 23.5. The van der Waals surface area contributed by atoms with Gasteiger partial charge in [0.25, 0.3) is 5.56 Å². The minimum atomic E-state index is -4.83. The van der Waals surface area contributed by atoms with Crippen molar-refractivity contribution in [1.29, 1.82) is 0 Å². The third-order valence-corrected chi connectivity index (χ3v) is 9.47. The lowest BCUT2D eigenvalue weighted by atomic mass is 10.0. The van der Waals surface area contributed by atoms with Crippen LogP contribution in [0.25, 0.3) is 10.9 Å². The van der Waals surface area contributed by atoms with Crippen molar-refractivity contribution in [2.45, 2.75) is 50.0 Å². The Morgan fingerprint density at radius 2 is 1.87 bits per heavy atom. The Hall–Kier alpha value is -2.38. The quantitative estimate of drug-likeness (QED) is 0.401. The number of aromatic nitrogens is 2. The number of benzene rings is 2. The highest BCUT2D eigenvalue weighted by Gasteiger charge is 2.37. The molecule has 14 heteroatoms. The molecule has 0 saturated carbocycles. The third kappa shape index (κ3) is 5.90. The van der Waals surface area contributed by atoms with E-state index in [0.717, 1.165) is 12.8 Å². The minimum Gasteiger partial charge on any atom is -0.318 e. The van der Waals surface area contributed by atoms with Gasteiger partial charge in [0.2, 0.25) is 0 Å². The van der Waals surface area contributed by atoms with Gasteiger partial charge in [-0.05, 0) is 61.8 Å². The van der Waals surface area contributed by atoms with Gasteiger partial charge in [-0.3, -0.25) is 14.3 Å². The summed E-state index contributed by atoms with van der Waals surface area (Å²) in [4.78, 5) is 30.6. The van der Waals surface area contributed by atoms with Gasteiger partial charge >= 0.3 is 11.9 Å². The lowest BCUT2D eigenvalue weighted by Crippen LogP contribution is -2.37. The van der Waals surface area contributed by atoms with E-state index in [1.54, 1.807) is 7.05 Å². The summed E-state index contributed by atoms with van der Waals surface area (Å²) in [5, 5.41) is 2.41. The molecule has 3 aromatic rings. The summed E-state index contributed by atoms with van der Waals surface area (Å²) in [5.74, 6) is -0.246. The standard InChI is InChI=1S/C25H27Cl2F3N4O4S/c1-3-39(37,38)20-7-6-15(26)9-14(20)12-34-23(35)17-10-19(25(28,29)30)18(21(27)22(17)32-24(34)36)13-33-8-4-5-16(33)11-31-2/h6-7,9-10,16,31H,3-5,8,11-13H2,1-2H3,(H,32,36)/t16-/m1/s1. The van der Waals surface area contributed by atoms with E-state index in [1.807, 2.05) is 4.90 Å². The second-order valence-corrected chi connectivity index (χ2v) is 12.5. The number of likely N-dealkylation sites (tertiary alicyclic amines) is 1. The normalized spacial score (nSPS) is 16.8. The largest absolute Gasteiger partial charge is 0.416 e. The molecule has 0 radical (unpaired) electrons. The number of rotatable bonds is 8. The van der Waals surface area contributed by atoms with Gasteiger partial charge in [-0.1, -0.05) is 30.1 Å². The van der Waals surface area contributed by atoms with Gasteiger partial charge in [-0.2, -0.15) is 13.2 Å². The number of H-pyrrole nitrogens is 1. The summed E-state index contributed by atoms with van der Waals surface area (Å²) in [6, 6.07) is 4.65. The predicted molar refractivity (Wildman–Crippen MR) is 144 cm³/mol. The third-order valence-electron chi connectivity index (χ3n) is 6.99. The Morgan fingerprint density at radius 1 is 1.15 bits per heavy atom. The molecule has 0 unspecified atom stereocenters. The van der Waals surface area contributed by atoms with Crippen LogP contribution in [0.3, 0.4) is 0 Å². The molecule has 1 aliphatic rings. The summed E-state index contributed by atoms with van der Waals surface area (Å²) >= 11 is 12.5. The Balaban J connectivity index is 1.89. The van der Waals surface area contributed by atoms with Crippen LogP contribution in [0.2, 0.25) is 10.0 Å². The van der Waals surface area contributed by atoms with Gasteiger partial charge in [0.1, 0.15) is 0 Å². The number of likely N-dealkylation sites (N-methyl/N-ethyl adjacent to an activating group) is 1. The van der Waals surface area contributed by atoms with Crippen LogP contribution in [0.1, 0.15) is 36.5 Å². The first-order valence-electron chi connectivity index (χ1n) is 12.2. The number of halogens is 5. The van der Waals surface area contributed by atoms with Crippen LogP contribution >= 0.6 is 23.2 Å². The Bertz CT molecular complexity index is 1640. The van der Waals surface area contributed by atoms with Crippen molar-refractivity contribution in [3.63, 3.8) is 0 Å². The second-order valence-electron chi connectivity index (χ2n) is 9.44. The van der Waals surface area contributed by atoms with Gasteiger partial charge in [0.05, 0.1) is 38.7 Å². The lowest BCUT2D eigenvalue weighted by Gasteiger charge is -2.26. The van der Waals surface area contributed by atoms with Gasteiger partial charge in [0.15, 0.2) is 9.84 Å². The highest BCUT2D eigenvalue weighted by atomic mass is 35.5. The number of aromatic amines is 1. The van der Waals surface area contributed by atoms with E-state index in [9.17, 15) is 31.2 Å². The van der Waals surface area contributed by atoms with Crippen LogP contribution in [0.15, 0.2) is 38.8 Å². The summed E-state index contributed by atoms with van der Waals surface area (Å²) in [5.41, 5.74) is -3.43. The van der Waals surface area contributed by atoms with Crippen LogP contribution < -0.4 is 16.6 Å². The number of nitrogens with one attached hydrogen (secondary N) is 2. The minimum absolute atomic E-state index is 0.0150. The molecule has 0 spiro atoms. The maximum absolute atomic E-state index is 14.2. The molecule has 39 heavy (non-hydrogen) atoms. The van der Waals surface area contributed by atoms with E-state index in [2.05, 4.69) is 10.3 Å². The average Bonchev–Trinajstić information content (AvgIpc) is 3.29.